The van der Waals surface area contributed by atoms with Gasteiger partial charge in [-0.3, -0.25) is 0 Å². The second-order valence-electron chi connectivity index (χ2n) is 2.46. The number of aliphatic hydroxyl groups excluding tert-OH is 1. The van der Waals surface area contributed by atoms with E-state index in [0.717, 1.165) is 6.42 Å². The third kappa shape index (κ3) is 1.68. The minimum absolute atomic E-state index is 0.154. The molecule has 1 aliphatic rings. The molecule has 0 aromatic carbocycles. The standard InChI is InChI=1S/C7H14O3/c1-2-6(5-8)7-9-3-4-10-7/h6-8H,2-5H2,1H3. The van der Waals surface area contributed by atoms with Crippen molar-refractivity contribution < 1.29 is 14.6 Å². The van der Waals surface area contributed by atoms with Crippen molar-refractivity contribution in [2.75, 3.05) is 19.8 Å². The molecule has 1 N–H and O–H groups in total. The fraction of sp³-hybridized carbons (Fsp3) is 1.00. The summed E-state index contributed by atoms with van der Waals surface area (Å²) in [5.41, 5.74) is 0. The van der Waals surface area contributed by atoms with Gasteiger partial charge in [0.2, 0.25) is 0 Å². The third-order valence-electron chi connectivity index (χ3n) is 1.79. The molecule has 0 saturated carbocycles. The average molecular weight is 146 g/mol. The van der Waals surface area contributed by atoms with Crippen LogP contribution in [0.5, 0.6) is 0 Å². The number of hydrogen-bond donors (Lipinski definition) is 1. The van der Waals surface area contributed by atoms with Crippen LogP contribution >= 0.6 is 0 Å². The third-order valence-corrected chi connectivity index (χ3v) is 1.79. The van der Waals surface area contributed by atoms with Crippen LogP contribution in [-0.4, -0.2) is 31.2 Å². The zero-order valence-corrected chi connectivity index (χ0v) is 6.25. The Morgan fingerprint density at radius 2 is 2.10 bits per heavy atom. The smallest absolute Gasteiger partial charge is 0.162 e. The molecule has 0 spiro atoms. The predicted molar refractivity (Wildman–Crippen MR) is 36.6 cm³/mol. The van der Waals surface area contributed by atoms with Crippen LogP contribution < -0.4 is 0 Å². The maximum atomic E-state index is 8.83. The van der Waals surface area contributed by atoms with Gasteiger partial charge in [-0.2, -0.15) is 0 Å². The number of hydrogen-bond acceptors (Lipinski definition) is 3. The second-order valence-corrected chi connectivity index (χ2v) is 2.46. The first-order valence-electron chi connectivity index (χ1n) is 3.72. The monoisotopic (exact) mass is 146 g/mol. The van der Waals surface area contributed by atoms with Crippen molar-refractivity contribution in [3.8, 4) is 0 Å². The van der Waals surface area contributed by atoms with Gasteiger partial charge in [0.25, 0.3) is 0 Å². The Labute approximate surface area is 60.9 Å². The van der Waals surface area contributed by atoms with Gasteiger partial charge in [0.05, 0.1) is 19.8 Å². The molecule has 1 atom stereocenters. The molecular formula is C7H14O3. The molecule has 0 amide bonds. The van der Waals surface area contributed by atoms with Crippen molar-refractivity contribution in [3.05, 3.63) is 0 Å². The molecular weight excluding hydrogens is 132 g/mol. The van der Waals surface area contributed by atoms with Crippen LogP contribution in [0.1, 0.15) is 13.3 Å². The summed E-state index contributed by atoms with van der Waals surface area (Å²) in [5, 5.41) is 8.83. The topological polar surface area (TPSA) is 38.7 Å². The van der Waals surface area contributed by atoms with Gasteiger partial charge in [0, 0.05) is 5.92 Å². The first-order valence-corrected chi connectivity index (χ1v) is 3.72. The van der Waals surface area contributed by atoms with Crippen LogP contribution in [0.3, 0.4) is 0 Å². The summed E-state index contributed by atoms with van der Waals surface area (Å²) < 4.78 is 10.4. The Morgan fingerprint density at radius 1 is 1.50 bits per heavy atom. The van der Waals surface area contributed by atoms with Crippen LogP contribution in [0.15, 0.2) is 0 Å². The van der Waals surface area contributed by atoms with E-state index in [0.29, 0.717) is 13.2 Å². The lowest BCUT2D eigenvalue weighted by molar-refractivity contribution is -0.0964. The second kappa shape index (κ2) is 3.91. The molecule has 1 rings (SSSR count). The highest BCUT2D eigenvalue weighted by Gasteiger charge is 2.24. The van der Waals surface area contributed by atoms with E-state index < -0.39 is 0 Å². The highest BCUT2D eigenvalue weighted by atomic mass is 16.7. The summed E-state index contributed by atoms with van der Waals surface area (Å²) in [7, 11) is 0. The highest BCUT2D eigenvalue weighted by Crippen LogP contribution is 2.16. The van der Waals surface area contributed by atoms with Gasteiger partial charge in [-0.1, -0.05) is 6.92 Å². The Hall–Kier alpha value is -0.120. The lowest BCUT2D eigenvalue weighted by atomic mass is 10.1. The lowest BCUT2D eigenvalue weighted by Crippen LogP contribution is -2.23. The maximum Gasteiger partial charge on any atom is 0.162 e. The van der Waals surface area contributed by atoms with E-state index in [4.69, 9.17) is 14.6 Å². The lowest BCUT2D eigenvalue weighted by Gasteiger charge is -2.17. The molecule has 0 aliphatic carbocycles. The molecule has 0 aromatic heterocycles. The molecule has 3 heteroatoms. The van der Waals surface area contributed by atoms with Gasteiger partial charge < -0.3 is 14.6 Å². The van der Waals surface area contributed by atoms with Crippen molar-refractivity contribution in [1.29, 1.82) is 0 Å². The first-order chi connectivity index (χ1) is 4.88. The predicted octanol–water partition coefficient (Wildman–Crippen LogP) is 0.378. The Kier molecular flexibility index (Phi) is 3.12. The summed E-state index contributed by atoms with van der Waals surface area (Å²) in [6, 6.07) is 0. The summed E-state index contributed by atoms with van der Waals surface area (Å²) in [6.07, 6.45) is 0.747. The molecule has 60 valence electrons. The van der Waals surface area contributed by atoms with Gasteiger partial charge in [0.1, 0.15) is 0 Å². The van der Waals surface area contributed by atoms with Gasteiger partial charge >= 0.3 is 0 Å². The van der Waals surface area contributed by atoms with E-state index in [1.54, 1.807) is 0 Å². The molecule has 0 radical (unpaired) electrons. The molecule has 3 nitrogen and oxygen atoms in total. The number of rotatable bonds is 3. The Bertz CT molecular complexity index is 84.9. The van der Waals surface area contributed by atoms with E-state index in [9.17, 15) is 0 Å². The van der Waals surface area contributed by atoms with Crippen molar-refractivity contribution >= 4 is 0 Å². The zero-order valence-electron chi connectivity index (χ0n) is 6.25. The largest absolute Gasteiger partial charge is 0.396 e. The van der Waals surface area contributed by atoms with Crippen LogP contribution in [0.4, 0.5) is 0 Å². The molecule has 1 heterocycles. The van der Waals surface area contributed by atoms with E-state index >= 15 is 0 Å². The first kappa shape index (κ1) is 7.98. The van der Waals surface area contributed by atoms with Crippen LogP contribution in [0.25, 0.3) is 0 Å². The highest BCUT2D eigenvalue weighted by molar-refractivity contribution is 4.62. The average Bonchev–Trinajstić information content (AvgIpc) is 2.43. The summed E-state index contributed by atoms with van der Waals surface area (Å²) in [4.78, 5) is 0. The van der Waals surface area contributed by atoms with E-state index in [1.807, 2.05) is 6.92 Å². The van der Waals surface area contributed by atoms with E-state index in [2.05, 4.69) is 0 Å². The minimum atomic E-state index is -0.157. The van der Waals surface area contributed by atoms with Crippen LogP contribution in [0, 0.1) is 5.92 Å². The molecule has 1 fully saturated rings. The summed E-state index contributed by atoms with van der Waals surface area (Å²) >= 11 is 0. The SMILES string of the molecule is CCC(CO)C1OCCO1. The zero-order chi connectivity index (χ0) is 7.40. The normalized spacial score (nSPS) is 23.4. The summed E-state index contributed by atoms with van der Waals surface area (Å²) in [5.74, 6) is 0.155. The van der Waals surface area contributed by atoms with Crippen molar-refractivity contribution in [3.63, 3.8) is 0 Å². The number of aliphatic hydroxyl groups is 1. The molecule has 0 aromatic rings. The molecule has 1 aliphatic heterocycles. The van der Waals surface area contributed by atoms with Crippen molar-refractivity contribution in [2.24, 2.45) is 5.92 Å². The van der Waals surface area contributed by atoms with Gasteiger partial charge in [0.15, 0.2) is 6.29 Å². The molecule has 1 unspecified atom stereocenters. The van der Waals surface area contributed by atoms with Crippen molar-refractivity contribution in [1.82, 2.24) is 0 Å². The number of ether oxygens (including phenoxy) is 2. The molecule has 1 saturated heterocycles. The van der Waals surface area contributed by atoms with Gasteiger partial charge in [-0.05, 0) is 6.42 Å². The van der Waals surface area contributed by atoms with Crippen LogP contribution in [0.2, 0.25) is 0 Å². The Balaban J connectivity index is 2.29. The van der Waals surface area contributed by atoms with E-state index in [-0.39, 0.29) is 18.8 Å². The molecule has 0 bridgehead atoms. The van der Waals surface area contributed by atoms with Crippen LogP contribution in [-0.2, 0) is 9.47 Å². The fourth-order valence-corrected chi connectivity index (χ4v) is 1.06. The van der Waals surface area contributed by atoms with E-state index in [1.165, 1.54) is 0 Å². The fourth-order valence-electron chi connectivity index (χ4n) is 1.06. The van der Waals surface area contributed by atoms with Gasteiger partial charge in [-0.15, -0.1) is 0 Å². The maximum absolute atomic E-state index is 8.83. The van der Waals surface area contributed by atoms with Crippen molar-refractivity contribution in [2.45, 2.75) is 19.6 Å². The minimum Gasteiger partial charge on any atom is -0.396 e. The Morgan fingerprint density at radius 3 is 2.50 bits per heavy atom. The summed E-state index contributed by atoms with van der Waals surface area (Å²) in [6.45, 7) is 3.51. The quantitative estimate of drug-likeness (QED) is 0.625. The van der Waals surface area contributed by atoms with Gasteiger partial charge in [-0.25, -0.2) is 0 Å². The molecule has 10 heavy (non-hydrogen) atoms.